The van der Waals surface area contributed by atoms with Crippen LogP contribution in [-0.2, 0) is 0 Å². The standard InChI is InChI=1S/C15H13FN4S/c1-19(13-9-5-6-11(16)10-13)14-17-18-15(21)20(14)12-7-3-2-4-8-12/h2-10H,1H3,(H,18,21). The fourth-order valence-electron chi connectivity index (χ4n) is 2.12. The van der Waals surface area contributed by atoms with Crippen LogP contribution in [0.5, 0.6) is 0 Å². The summed E-state index contributed by atoms with van der Waals surface area (Å²) in [6, 6.07) is 16.0. The molecule has 2 aromatic carbocycles. The van der Waals surface area contributed by atoms with Crippen LogP contribution >= 0.6 is 12.2 Å². The Bertz CT molecular complexity index is 810. The zero-order valence-corrected chi connectivity index (χ0v) is 12.1. The van der Waals surface area contributed by atoms with Gasteiger partial charge in [-0.2, -0.15) is 0 Å². The number of hydrogen-bond acceptors (Lipinski definition) is 3. The normalized spacial score (nSPS) is 10.6. The summed E-state index contributed by atoms with van der Waals surface area (Å²) in [5.41, 5.74) is 1.59. The molecular formula is C15H13FN4S. The van der Waals surface area contributed by atoms with Crippen molar-refractivity contribution in [3.05, 3.63) is 65.2 Å². The smallest absolute Gasteiger partial charge is 0.234 e. The van der Waals surface area contributed by atoms with Crippen molar-refractivity contribution in [2.45, 2.75) is 0 Å². The number of benzene rings is 2. The summed E-state index contributed by atoms with van der Waals surface area (Å²) in [6.45, 7) is 0. The molecule has 0 saturated heterocycles. The van der Waals surface area contributed by atoms with E-state index in [1.807, 2.05) is 43.4 Å². The Morgan fingerprint density at radius 2 is 1.90 bits per heavy atom. The quantitative estimate of drug-likeness (QED) is 0.747. The lowest BCUT2D eigenvalue weighted by atomic mass is 10.3. The SMILES string of the molecule is CN(c1cccc(F)c1)c1n[nH]c(=S)n1-c1ccccc1. The number of halogens is 1. The second-order valence-corrected chi connectivity index (χ2v) is 4.93. The van der Waals surface area contributed by atoms with Crippen LogP contribution < -0.4 is 4.90 Å². The zero-order chi connectivity index (χ0) is 14.8. The lowest BCUT2D eigenvalue weighted by molar-refractivity contribution is 0.628. The van der Waals surface area contributed by atoms with Gasteiger partial charge in [-0.15, -0.1) is 5.10 Å². The number of aromatic nitrogens is 3. The number of rotatable bonds is 3. The molecule has 3 aromatic rings. The van der Waals surface area contributed by atoms with E-state index < -0.39 is 0 Å². The number of anilines is 2. The van der Waals surface area contributed by atoms with Gasteiger partial charge in [0.2, 0.25) is 10.7 Å². The fraction of sp³-hybridized carbons (Fsp3) is 0.0667. The van der Waals surface area contributed by atoms with Gasteiger partial charge < -0.3 is 4.90 Å². The molecule has 0 fully saturated rings. The molecule has 0 aliphatic carbocycles. The van der Waals surface area contributed by atoms with Crippen molar-refractivity contribution in [2.75, 3.05) is 11.9 Å². The van der Waals surface area contributed by atoms with Gasteiger partial charge in [0.05, 0.1) is 5.69 Å². The molecule has 0 spiro atoms. The highest BCUT2D eigenvalue weighted by Gasteiger charge is 2.14. The molecule has 1 N–H and O–H groups in total. The molecule has 1 heterocycles. The number of nitrogens with zero attached hydrogens (tertiary/aromatic N) is 3. The van der Waals surface area contributed by atoms with Crippen molar-refractivity contribution in [1.29, 1.82) is 0 Å². The minimum Gasteiger partial charge on any atom is -0.313 e. The van der Waals surface area contributed by atoms with Gasteiger partial charge >= 0.3 is 0 Å². The highest BCUT2D eigenvalue weighted by atomic mass is 32.1. The molecule has 4 nitrogen and oxygen atoms in total. The summed E-state index contributed by atoms with van der Waals surface area (Å²) in [6.07, 6.45) is 0. The highest BCUT2D eigenvalue weighted by molar-refractivity contribution is 7.71. The molecule has 0 amide bonds. The highest BCUT2D eigenvalue weighted by Crippen LogP contribution is 2.24. The van der Waals surface area contributed by atoms with Crippen LogP contribution in [0, 0.1) is 10.6 Å². The van der Waals surface area contributed by atoms with Crippen molar-refractivity contribution >= 4 is 23.9 Å². The number of hydrogen-bond donors (Lipinski definition) is 1. The monoisotopic (exact) mass is 300 g/mol. The van der Waals surface area contributed by atoms with Gasteiger partial charge in [-0.1, -0.05) is 24.3 Å². The molecule has 0 unspecified atom stereocenters. The minimum atomic E-state index is -0.292. The summed E-state index contributed by atoms with van der Waals surface area (Å²) >= 11 is 5.29. The summed E-state index contributed by atoms with van der Waals surface area (Å²) in [4.78, 5) is 1.78. The molecule has 1 aromatic heterocycles. The van der Waals surface area contributed by atoms with Gasteiger partial charge in [-0.05, 0) is 42.5 Å². The largest absolute Gasteiger partial charge is 0.313 e. The lowest BCUT2D eigenvalue weighted by Crippen LogP contribution is -2.15. The molecule has 0 bridgehead atoms. The first-order valence-corrected chi connectivity index (χ1v) is 6.80. The van der Waals surface area contributed by atoms with Crippen molar-refractivity contribution in [2.24, 2.45) is 0 Å². The molecule has 0 aliphatic heterocycles. The number of aromatic amines is 1. The van der Waals surface area contributed by atoms with Gasteiger partial charge in [-0.25, -0.2) is 9.49 Å². The Morgan fingerprint density at radius 1 is 1.14 bits per heavy atom. The van der Waals surface area contributed by atoms with Gasteiger partial charge in [0.15, 0.2) is 0 Å². The Hall–Kier alpha value is -2.47. The third-order valence-electron chi connectivity index (χ3n) is 3.16. The van der Waals surface area contributed by atoms with Crippen LogP contribution in [0.4, 0.5) is 16.0 Å². The maximum atomic E-state index is 13.4. The number of nitrogens with one attached hydrogen (secondary N) is 1. The lowest BCUT2D eigenvalue weighted by Gasteiger charge is -2.19. The molecule has 21 heavy (non-hydrogen) atoms. The Kier molecular flexibility index (Phi) is 3.53. The molecule has 0 atom stereocenters. The van der Waals surface area contributed by atoms with E-state index in [2.05, 4.69) is 10.2 Å². The molecule has 3 rings (SSSR count). The van der Waals surface area contributed by atoms with Crippen LogP contribution in [-0.4, -0.2) is 21.8 Å². The van der Waals surface area contributed by atoms with Crippen LogP contribution in [0.15, 0.2) is 54.6 Å². The van der Waals surface area contributed by atoms with E-state index in [1.54, 1.807) is 15.5 Å². The fourth-order valence-corrected chi connectivity index (χ4v) is 2.36. The third-order valence-corrected chi connectivity index (χ3v) is 3.44. The van der Waals surface area contributed by atoms with Crippen LogP contribution in [0.1, 0.15) is 0 Å². The van der Waals surface area contributed by atoms with E-state index in [0.717, 1.165) is 5.69 Å². The van der Waals surface area contributed by atoms with E-state index in [0.29, 0.717) is 16.4 Å². The molecule has 106 valence electrons. The van der Waals surface area contributed by atoms with Gasteiger partial charge in [0, 0.05) is 12.7 Å². The molecular weight excluding hydrogens is 287 g/mol. The number of para-hydroxylation sites is 1. The predicted octanol–water partition coefficient (Wildman–Crippen LogP) is 3.84. The average Bonchev–Trinajstić information content (AvgIpc) is 2.89. The molecule has 6 heteroatoms. The van der Waals surface area contributed by atoms with E-state index in [4.69, 9.17) is 12.2 Å². The maximum absolute atomic E-state index is 13.4. The van der Waals surface area contributed by atoms with Crippen molar-refractivity contribution in [3.8, 4) is 5.69 Å². The first-order valence-electron chi connectivity index (χ1n) is 6.39. The second kappa shape index (κ2) is 5.49. The topological polar surface area (TPSA) is 36.9 Å². The van der Waals surface area contributed by atoms with Crippen LogP contribution in [0.25, 0.3) is 5.69 Å². The minimum absolute atomic E-state index is 0.292. The summed E-state index contributed by atoms with van der Waals surface area (Å²) < 4.78 is 15.7. The average molecular weight is 300 g/mol. The molecule has 0 radical (unpaired) electrons. The van der Waals surface area contributed by atoms with E-state index in [-0.39, 0.29) is 5.82 Å². The summed E-state index contributed by atoms with van der Waals surface area (Å²) in [5, 5.41) is 7.03. The van der Waals surface area contributed by atoms with E-state index in [9.17, 15) is 4.39 Å². The predicted molar refractivity (Wildman–Crippen MR) is 83.2 cm³/mol. The van der Waals surface area contributed by atoms with Crippen molar-refractivity contribution in [3.63, 3.8) is 0 Å². The Labute approximate surface area is 126 Å². The van der Waals surface area contributed by atoms with Gasteiger partial charge in [0.25, 0.3) is 0 Å². The van der Waals surface area contributed by atoms with Crippen molar-refractivity contribution in [1.82, 2.24) is 14.8 Å². The van der Waals surface area contributed by atoms with Gasteiger partial charge in [0.1, 0.15) is 5.82 Å². The first kappa shape index (κ1) is 13.5. The third kappa shape index (κ3) is 2.57. The number of H-pyrrole nitrogens is 1. The van der Waals surface area contributed by atoms with E-state index in [1.165, 1.54) is 12.1 Å². The Balaban J connectivity index is 2.10. The summed E-state index contributed by atoms with van der Waals surface area (Å²) in [7, 11) is 1.82. The maximum Gasteiger partial charge on any atom is 0.234 e. The van der Waals surface area contributed by atoms with E-state index >= 15 is 0 Å². The van der Waals surface area contributed by atoms with Crippen molar-refractivity contribution < 1.29 is 4.39 Å². The van der Waals surface area contributed by atoms with Gasteiger partial charge in [-0.3, -0.25) is 4.57 Å². The molecule has 0 aliphatic rings. The second-order valence-electron chi connectivity index (χ2n) is 4.54. The van der Waals surface area contributed by atoms with Crippen LogP contribution in [0.3, 0.4) is 0 Å². The van der Waals surface area contributed by atoms with Crippen LogP contribution in [0.2, 0.25) is 0 Å². The molecule has 0 saturated carbocycles. The Morgan fingerprint density at radius 3 is 2.62 bits per heavy atom. The summed E-state index contributed by atoms with van der Waals surface area (Å²) in [5.74, 6) is 0.302. The zero-order valence-electron chi connectivity index (χ0n) is 11.3. The first-order chi connectivity index (χ1) is 10.2.